The van der Waals surface area contributed by atoms with Gasteiger partial charge in [0, 0.05) is 31.2 Å². The highest BCUT2D eigenvalue weighted by Crippen LogP contribution is 2.38. The molecular weight excluding hydrogens is 376 g/mol. The van der Waals surface area contributed by atoms with Crippen molar-refractivity contribution in [1.29, 1.82) is 0 Å². The molecule has 0 aliphatic heterocycles. The number of aromatic nitrogens is 1. The Morgan fingerprint density at radius 3 is 2.32 bits per heavy atom. The maximum Gasteiger partial charge on any atom is 0.203 e. The van der Waals surface area contributed by atoms with Crippen LogP contribution in [0.25, 0.3) is 0 Å². The molecule has 0 aliphatic rings. The standard InChI is InChI=1S/C20H30N4O3S/c1-14-13-28-18(24-14)8-6-7-9-22-20(21-2)23-12-15-10-16(25-3)19(27-5)17(11-15)26-4/h10-11,13H,6-9,12H2,1-5H3,(H2,21,22,23). The maximum absolute atomic E-state index is 5.40. The molecule has 8 heteroatoms. The zero-order chi connectivity index (χ0) is 20.4. The topological polar surface area (TPSA) is 77.0 Å². The number of methoxy groups -OCH3 is 3. The molecule has 2 rings (SSSR count). The zero-order valence-electron chi connectivity index (χ0n) is 17.3. The van der Waals surface area contributed by atoms with Gasteiger partial charge in [0.25, 0.3) is 0 Å². The molecule has 0 saturated heterocycles. The van der Waals surface area contributed by atoms with E-state index in [1.807, 2.05) is 19.1 Å². The van der Waals surface area contributed by atoms with Crippen molar-refractivity contribution in [3.05, 3.63) is 33.8 Å². The van der Waals surface area contributed by atoms with Gasteiger partial charge in [0.2, 0.25) is 5.75 Å². The van der Waals surface area contributed by atoms with Crippen LogP contribution in [0.15, 0.2) is 22.5 Å². The summed E-state index contributed by atoms with van der Waals surface area (Å²) in [5, 5.41) is 9.97. The maximum atomic E-state index is 5.40. The van der Waals surface area contributed by atoms with Crippen LogP contribution in [0.2, 0.25) is 0 Å². The van der Waals surface area contributed by atoms with Crippen molar-refractivity contribution in [3.8, 4) is 17.2 Å². The van der Waals surface area contributed by atoms with Crippen LogP contribution in [0, 0.1) is 6.92 Å². The van der Waals surface area contributed by atoms with Crippen molar-refractivity contribution in [2.24, 2.45) is 4.99 Å². The smallest absolute Gasteiger partial charge is 0.203 e. The molecule has 2 N–H and O–H groups in total. The predicted molar refractivity (Wildman–Crippen MR) is 114 cm³/mol. The number of benzene rings is 1. The molecule has 28 heavy (non-hydrogen) atoms. The molecule has 0 saturated carbocycles. The van der Waals surface area contributed by atoms with Crippen LogP contribution in [0.4, 0.5) is 0 Å². The minimum atomic E-state index is 0.590. The molecule has 0 radical (unpaired) electrons. The molecule has 1 aromatic heterocycles. The summed E-state index contributed by atoms with van der Waals surface area (Å²) in [5.41, 5.74) is 2.12. The third-order valence-electron chi connectivity index (χ3n) is 4.18. The highest BCUT2D eigenvalue weighted by atomic mass is 32.1. The van der Waals surface area contributed by atoms with Crippen molar-refractivity contribution < 1.29 is 14.2 Å². The van der Waals surface area contributed by atoms with E-state index >= 15 is 0 Å². The number of rotatable bonds is 10. The average Bonchev–Trinajstić information content (AvgIpc) is 3.13. The summed E-state index contributed by atoms with van der Waals surface area (Å²) >= 11 is 1.74. The highest BCUT2D eigenvalue weighted by Gasteiger charge is 2.13. The van der Waals surface area contributed by atoms with E-state index < -0.39 is 0 Å². The number of guanidine groups is 1. The lowest BCUT2D eigenvalue weighted by molar-refractivity contribution is 0.323. The van der Waals surface area contributed by atoms with E-state index in [0.29, 0.717) is 23.8 Å². The lowest BCUT2D eigenvalue weighted by atomic mass is 10.2. The van der Waals surface area contributed by atoms with Crippen LogP contribution in [0.1, 0.15) is 29.1 Å². The van der Waals surface area contributed by atoms with E-state index in [9.17, 15) is 0 Å². The fraction of sp³-hybridized carbons (Fsp3) is 0.500. The van der Waals surface area contributed by atoms with E-state index in [1.165, 1.54) is 5.01 Å². The number of unbranched alkanes of at least 4 members (excludes halogenated alkanes) is 1. The first-order valence-electron chi connectivity index (χ1n) is 9.25. The lowest BCUT2D eigenvalue weighted by Crippen LogP contribution is -2.37. The van der Waals surface area contributed by atoms with E-state index in [4.69, 9.17) is 14.2 Å². The molecule has 0 fully saturated rings. The fourth-order valence-electron chi connectivity index (χ4n) is 2.77. The van der Waals surface area contributed by atoms with Gasteiger partial charge >= 0.3 is 0 Å². The van der Waals surface area contributed by atoms with Crippen LogP contribution < -0.4 is 24.8 Å². The van der Waals surface area contributed by atoms with Crippen molar-refractivity contribution in [1.82, 2.24) is 15.6 Å². The summed E-state index contributed by atoms with van der Waals surface area (Å²) < 4.78 is 16.2. The van der Waals surface area contributed by atoms with Crippen LogP contribution in [-0.4, -0.2) is 45.9 Å². The second-order valence-corrected chi connectivity index (χ2v) is 7.17. The highest BCUT2D eigenvalue weighted by molar-refractivity contribution is 7.09. The van der Waals surface area contributed by atoms with Gasteiger partial charge < -0.3 is 24.8 Å². The fourth-order valence-corrected chi connectivity index (χ4v) is 3.59. The molecule has 2 aromatic rings. The summed E-state index contributed by atoms with van der Waals surface area (Å²) in [6.45, 7) is 3.49. The Balaban J connectivity index is 1.80. The summed E-state index contributed by atoms with van der Waals surface area (Å²) in [6, 6.07) is 3.86. The number of nitrogens with one attached hydrogen (secondary N) is 2. The predicted octanol–water partition coefficient (Wildman–Crippen LogP) is 3.17. The Labute approximate surface area is 171 Å². The van der Waals surface area contributed by atoms with Gasteiger partial charge in [-0.15, -0.1) is 11.3 Å². The van der Waals surface area contributed by atoms with Gasteiger partial charge in [-0.3, -0.25) is 4.99 Å². The van der Waals surface area contributed by atoms with E-state index in [-0.39, 0.29) is 0 Å². The Hall–Kier alpha value is -2.48. The van der Waals surface area contributed by atoms with E-state index in [2.05, 4.69) is 26.0 Å². The van der Waals surface area contributed by atoms with Crippen molar-refractivity contribution in [3.63, 3.8) is 0 Å². The Bertz CT molecular complexity index is 752. The Morgan fingerprint density at radius 2 is 1.79 bits per heavy atom. The van der Waals surface area contributed by atoms with Crippen molar-refractivity contribution >= 4 is 17.3 Å². The van der Waals surface area contributed by atoms with E-state index in [1.54, 1.807) is 39.7 Å². The molecule has 0 aliphatic carbocycles. The van der Waals surface area contributed by atoms with Crippen molar-refractivity contribution in [2.75, 3.05) is 34.9 Å². The van der Waals surface area contributed by atoms with Gasteiger partial charge in [-0.2, -0.15) is 0 Å². The number of aliphatic imine (C=N–C) groups is 1. The lowest BCUT2D eigenvalue weighted by Gasteiger charge is -2.16. The minimum absolute atomic E-state index is 0.590. The molecule has 1 aromatic carbocycles. The molecule has 7 nitrogen and oxygen atoms in total. The number of thiazole rings is 1. The second kappa shape index (κ2) is 11.4. The van der Waals surface area contributed by atoms with Crippen molar-refractivity contribution in [2.45, 2.75) is 32.7 Å². The monoisotopic (exact) mass is 406 g/mol. The minimum Gasteiger partial charge on any atom is -0.493 e. The first-order valence-corrected chi connectivity index (χ1v) is 10.1. The normalized spacial score (nSPS) is 11.2. The number of aryl methyl sites for hydroxylation is 2. The molecule has 0 amide bonds. The Kier molecular flexibility index (Phi) is 8.87. The van der Waals surface area contributed by atoms with Crippen LogP contribution in [-0.2, 0) is 13.0 Å². The third kappa shape index (κ3) is 6.30. The van der Waals surface area contributed by atoms with Crippen LogP contribution in [0.3, 0.4) is 0 Å². The molecule has 0 unspecified atom stereocenters. The average molecular weight is 407 g/mol. The summed E-state index contributed by atoms with van der Waals surface area (Å²) in [5.74, 6) is 2.63. The van der Waals surface area contributed by atoms with Gasteiger partial charge in [0.1, 0.15) is 0 Å². The molecule has 1 heterocycles. The molecule has 154 valence electrons. The quantitative estimate of drug-likeness (QED) is 0.359. The van der Waals surface area contributed by atoms with E-state index in [0.717, 1.165) is 43.0 Å². The molecule has 0 bridgehead atoms. The largest absolute Gasteiger partial charge is 0.493 e. The zero-order valence-corrected chi connectivity index (χ0v) is 18.1. The summed E-state index contributed by atoms with van der Waals surface area (Å²) in [7, 11) is 6.59. The summed E-state index contributed by atoms with van der Waals surface area (Å²) in [6.07, 6.45) is 3.19. The number of nitrogens with zero attached hydrogens (tertiary/aromatic N) is 2. The van der Waals surface area contributed by atoms with Gasteiger partial charge in [0.15, 0.2) is 17.5 Å². The van der Waals surface area contributed by atoms with Crippen LogP contribution >= 0.6 is 11.3 Å². The number of ether oxygens (including phenoxy) is 3. The summed E-state index contributed by atoms with van der Waals surface area (Å²) in [4.78, 5) is 8.77. The first-order chi connectivity index (χ1) is 13.6. The van der Waals surface area contributed by atoms with Crippen LogP contribution in [0.5, 0.6) is 17.2 Å². The van der Waals surface area contributed by atoms with Gasteiger partial charge in [-0.1, -0.05) is 0 Å². The Morgan fingerprint density at radius 1 is 1.07 bits per heavy atom. The second-order valence-electron chi connectivity index (χ2n) is 6.23. The molecule has 0 spiro atoms. The van der Waals surface area contributed by atoms with Gasteiger partial charge in [-0.25, -0.2) is 4.98 Å². The first kappa shape index (κ1) is 21.8. The number of hydrogen-bond donors (Lipinski definition) is 2. The number of hydrogen-bond acceptors (Lipinski definition) is 6. The van der Waals surface area contributed by atoms with Gasteiger partial charge in [-0.05, 0) is 43.9 Å². The third-order valence-corrected chi connectivity index (χ3v) is 5.21. The SMILES string of the molecule is CN=C(NCCCCc1nc(C)cs1)NCc1cc(OC)c(OC)c(OC)c1. The molecule has 0 atom stereocenters. The van der Waals surface area contributed by atoms with Gasteiger partial charge in [0.05, 0.1) is 26.3 Å². The molecular formula is C20H30N4O3S.